The standard InChI is InChI=1S/C26H22F3N3O3/c1-2-14-34-25(33)32(13-3-4-18-5-9-22(10-6-18)26(27,28)29)24-16-23(35-31-24)20-7-8-21-17-30-12-11-19(21)15-20/h2,5-12,15-17H,1,3-4,13-14H2. The number of carbonyl (C=O) groups is 1. The molecule has 0 aliphatic heterocycles. The summed E-state index contributed by atoms with van der Waals surface area (Å²) in [4.78, 5) is 18.1. The molecule has 0 aliphatic rings. The molecule has 9 heteroatoms. The highest BCUT2D eigenvalue weighted by Crippen LogP contribution is 2.30. The molecular formula is C26H22F3N3O3. The van der Waals surface area contributed by atoms with Crippen molar-refractivity contribution in [2.24, 2.45) is 0 Å². The average molecular weight is 481 g/mol. The van der Waals surface area contributed by atoms with Crippen LogP contribution >= 0.6 is 0 Å². The van der Waals surface area contributed by atoms with E-state index in [1.54, 1.807) is 18.5 Å². The summed E-state index contributed by atoms with van der Waals surface area (Å²) in [5, 5.41) is 6.01. The molecule has 0 aliphatic carbocycles. The number of nitrogens with zero attached hydrogens (tertiary/aromatic N) is 3. The lowest BCUT2D eigenvalue weighted by Crippen LogP contribution is -2.33. The van der Waals surface area contributed by atoms with E-state index in [-0.39, 0.29) is 19.0 Å². The molecule has 0 saturated heterocycles. The van der Waals surface area contributed by atoms with Crippen molar-refractivity contribution in [2.45, 2.75) is 19.0 Å². The molecule has 0 radical (unpaired) electrons. The van der Waals surface area contributed by atoms with Crippen molar-refractivity contribution in [1.29, 1.82) is 0 Å². The predicted octanol–water partition coefficient (Wildman–Crippen LogP) is 6.67. The first kappa shape index (κ1) is 24.0. The lowest BCUT2D eigenvalue weighted by Gasteiger charge is -2.18. The molecule has 4 rings (SSSR count). The lowest BCUT2D eigenvalue weighted by atomic mass is 10.1. The Morgan fingerprint density at radius 3 is 2.63 bits per heavy atom. The number of halogens is 3. The molecule has 0 saturated carbocycles. The minimum absolute atomic E-state index is 0.0255. The maximum atomic E-state index is 12.8. The van der Waals surface area contributed by atoms with Crippen LogP contribution in [0.3, 0.4) is 0 Å². The zero-order chi connectivity index (χ0) is 24.8. The molecule has 2 heterocycles. The van der Waals surface area contributed by atoms with Crippen LogP contribution in [0.4, 0.5) is 23.8 Å². The Kier molecular flexibility index (Phi) is 7.14. The van der Waals surface area contributed by atoms with Gasteiger partial charge in [-0.25, -0.2) is 4.79 Å². The number of amides is 1. The molecular weight excluding hydrogens is 459 g/mol. The van der Waals surface area contributed by atoms with Gasteiger partial charge in [-0.3, -0.25) is 9.88 Å². The van der Waals surface area contributed by atoms with Crippen LogP contribution in [-0.4, -0.2) is 29.4 Å². The number of carbonyl (C=O) groups excluding carboxylic acids is 1. The second-order valence-electron chi connectivity index (χ2n) is 7.80. The van der Waals surface area contributed by atoms with E-state index in [1.165, 1.54) is 23.1 Å². The minimum atomic E-state index is -4.38. The highest BCUT2D eigenvalue weighted by molar-refractivity contribution is 5.88. The third-order valence-electron chi connectivity index (χ3n) is 5.37. The van der Waals surface area contributed by atoms with Crippen LogP contribution in [0.15, 0.2) is 84.2 Å². The molecule has 2 aromatic carbocycles. The van der Waals surface area contributed by atoms with Gasteiger partial charge < -0.3 is 9.26 Å². The molecule has 0 spiro atoms. The Morgan fingerprint density at radius 2 is 1.89 bits per heavy atom. The Morgan fingerprint density at radius 1 is 1.09 bits per heavy atom. The third kappa shape index (κ3) is 5.87. The normalized spacial score (nSPS) is 11.4. The minimum Gasteiger partial charge on any atom is -0.445 e. The topological polar surface area (TPSA) is 68.5 Å². The Hall–Kier alpha value is -4.14. The van der Waals surface area contributed by atoms with Crippen molar-refractivity contribution in [1.82, 2.24) is 10.1 Å². The smallest absolute Gasteiger partial charge is 0.416 e. The van der Waals surface area contributed by atoms with E-state index in [0.717, 1.165) is 34.0 Å². The molecule has 0 atom stereocenters. The molecule has 0 bridgehead atoms. The monoisotopic (exact) mass is 481 g/mol. The van der Waals surface area contributed by atoms with Gasteiger partial charge in [0.05, 0.1) is 5.56 Å². The van der Waals surface area contributed by atoms with Crippen LogP contribution in [0, 0.1) is 0 Å². The molecule has 6 nitrogen and oxygen atoms in total. The van der Waals surface area contributed by atoms with Crippen molar-refractivity contribution >= 4 is 22.7 Å². The van der Waals surface area contributed by atoms with Crippen molar-refractivity contribution in [3.05, 3.63) is 90.8 Å². The number of ether oxygens (including phenoxy) is 1. The first-order valence-electron chi connectivity index (χ1n) is 10.9. The SMILES string of the molecule is C=CCOC(=O)N(CCCc1ccc(C(F)(F)F)cc1)c1cc(-c2ccc3cnccc3c2)on1. The van der Waals surface area contributed by atoms with Crippen molar-refractivity contribution in [2.75, 3.05) is 18.1 Å². The first-order chi connectivity index (χ1) is 16.8. The van der Waals surface area contributed by atoms with Crippen LogP contribution in [0.5, 0.6) is 0 Å². The Labute approximate surface area is 199 Å². The van der Waals surface area contributed by atoms with E-state index < -0.39 is 17.8 Å². The number of fused-ring (bicyclic) bond motifs is 1. The molecule has 2 aromatic heterocycles. The number of benzene rings is 2. The van der Waals surface area contributed by atoms with Gasteiger partial charge in [-0.05, 0) is 48.1 Å². The molecule has 1 amide bonds. The molecule has 4 aromatic rings. The van der Waals surface area contributed by atoms with Crippen LogP contribution in [0.25, 0.3) is 22.1 Å². The molecule has 0 unspecified atom stereocenters. The van der Waals surface area contributed by atoms with Gasteiger partial charge in [0.1, 0.15) is 6.61 Å². The number of anilines is 1. The van der Waals surface area contributed by atoms with Gasteiger partial charge >= 0.3 is 12.3 Å². The number of aryl methyl sites for hydroxylation is 1. The lowest BCUT2D eigenvalue weighted by molar-refractivity contribution is -0.137. The molecule has 0 fully saturated rings. The summed E-state index contributed by atoms with van der Waals surface area (Å²) in [6, 6.07) is 14.2. The quantitative estimate of drug-likeness (QED) is 0.263. The zero-order valence-corrected chi connectivity index (χ0v) is 18.7. The largest absolute Gasteiger partial charge is 0.445 e. The summed E-state index contributed by atoms with van der Waals surface area (Å²) in [5.74, 6) is 0.749. The van der Waals surface area contributed by atoms with E-state index in [1.807, 2.05) is 24.3 Å². The highest BCUT2D eigenvalue weighted by atomic mass is 19.4. The van der Waals surface area contributed by atoms with Gasteiger partial charge in [0.2, 0.25) is 0 Å². The fourth-order valence-electron chi connectivity index (χ4n) is 3.57. The van der Waals surface area contributed by atoms with Crippen molar-refractivity contribution < 1.29 is 27.2 Å². The first-order valence-corrected chi connectivity index (χ1v) is 10.9. The number of alkyl halides is 3. The van der Waals surface area contributed by atoms with E-state index in [4.69, 9.17) is 9.26 Å². The van der Waals surface area contributed by atoms with E-state index in [2.05, 4.69) is 16.7 Å². The van der Waals surface area contributed by atoms with Crippen LogP contribution in [-0.2, 0) is 17.3 Å². The average Bonchev–Trinajstić information content (AvgIpc) is 3.34. The highest BCUT2D eigenvalue weighted by Gasteiger charge is 2.30. The van der Waals surface area contributed by atoms with Gasteiger partial charge in [0, 0.05) is 36.0 Å². The van der Waals surface area contributed by atoms with Gasteiger partial charge in [0.15, 0.2) is 11.6 Å². The predicted molar refractivity (Wildman–Crippen MR) is 126 cm³/mol. The molecule has 180 valence electrons. The van der Waals surface area contributed by atoms with Crippen LogP contribution < -0.4 is 4.90 Å². The fourth-order valence-corrected chi connectivity index (χ4v) is 3.57. The maximum absolute atomic E-state index is 12.8. The second-order valence-corrected chi connectivity index (χ2v) is 7.80. The van der Waals surface area contributed by atoms with Gasteiger partial charge in [0.25, 0.3) is 0 Å². The number of aromatic nitrogens is 2. The van der Waals surface area contributed by atoms with Crippen molar-refractivity contribution in [3.63, 3.8) is 0 Å². The summed E-state index contributed by atoms with van der Waals surface area (Å²) in [6.07, 6.45) is 0.853. The Balaban J connectivity index is 1.49. The summed E-state index contributed by atoms with van der Waals surface area (Å²) >= 11 is 0. The zero-order valence-electron chi connectivity index (χ0n) is 18.7. The van der Waals surface area contributed by atoms with Gasteiger partial charge in [-0.15, -0.1) is 0 Å². The molecule has 0 N–H and O–H groups in total. The summed E-state index contributed by atoms with van der Waals surface area (Å²) in [5.41, 5.74) is 0.812. The Bertz CT molecular complexity index is 1320. The summed E-state index contributed by atoms with van der Waals surface area (Å²) < 4.78 is 49.0. The number of pyridine rings is 1. The van der Waals surface area contributed by atoms with Gasteiger partial charge in [-0.1, -0.05) is 42.1 Å². The maximum Gasteiger partial charge on any atom is 0.416 e. The van der Waals surface area contributed by atoms with Crippen LogP contribution in [0.1, 0.15) is 17.5 Å². The van der Waals surface area contributed by atoms with E-state index in [0.29, 0.717) is 18.6 Å². The number of rotatable bonds is 8. The third-order valence-corrected chi connectivity index (χ3v) is 5.37. The van der Waals surface area contributed by atoms with Gasteiger partial charge in [-0.2, -0.15) is 13.2 Å². The summed E-state index contributed by atoms with van der Waals surface area (Å²) in [7, 11) is 0. The summed E-state index contributed by atoms with van der Waals surface area (Å²) in [6.45, 7) is 3.80. The number of hydrogen-bond acceptors (Lipinski definition) is 5. The van der Waals surface area contributed by atoms with E-state index in [9.17, 15) is 18.0 Å². The molecule has 35 heavy (non-hydrogen) atoms. The number of hydrogen-bond donors (Lipinski definition) is 0. The van der Waals surface area contributed by atoms with E-state index >= 15 is 0 Å². The second kappa shape index (κ2) is 10.4. The van der Waals surface area contributed by atoms with Crippen LogP contribution in [0.2, 0.25) is 0 Å². The fraction of sp³-hybridized carbons (Fsp3) is 0.192. The van der Waals surface area contributed by atoms with Crippen molar-refractivity contribution in [3.8, 4) is 11.3 Å².